The van der Waals surface area contributed by atoms with E-state index in [9.17, 15) is 52.4 Å². The van der Waals surface area contributed by atoms with Crippen LogP contribution in [0.5, 0.6) is 0 Å². The summed E-state index contributed by atoms with van der Waals surface area (Å²) in [6.07, 6.45) is -7.30. The molecule has 0 bridgehead atoms. The highest BCUT2D eigenvalue weighted by molar-refractivity contribution is 14.1. The van der Waals surface area contributed by atoms with E-state index in [4.69, 9.17) is 16.6 Å². The van der Waals surface area contributed by atoms with Gasteiger partial charge in [-0.3, -0.25) is 18.9 Å². The van der Waals surface area contributed by atoms with Gasteiger partial charge in [-0.25, -0.2) is 39.4 Å². The summed E-state index contributed by atoms with van der Waals surface area (Å²) in [5, 5.41) is 8.97. The molecule has 3 heterocycles. The molecule has 3 aliphatic rings. The Kier molecular flexibility index (Phi) is 12.0. The maximum Gasteiger partial charge on any atom is 0.408 e. The number of rotatable bonds is 13. The monoisotopic (exact) mass is 1100 g/mol. The number of sulfone groups is 1. The number of alkyl halides is 7. The summed E-state index contributed by atoms with van der Waals surface area (Å²) in [7, 11) is -8.00. The van der Waals surface area contributed by atoms with E-state index in [0.717, 1.165) is 18.4 Å². The number of benzene rings is 2. The van der Waals surface area contributed by atoms with Gasteiger partial charge in [-0.1, -0.05) is 23.6 Å². The normalized spacial score (nSPS) is 18.5. The zero-order chi connectivity index (χ0) is 48.2. The van der Waals surface area contributed by atoms with Crippen molar-refractivity contribution >= 4 is 76.7 Å². The topological polar surface area (TPSA) is 158 Å². The van der Waals surface area contributed by atoms with Gasteiger partial charge in [0.05, 0.1) is 39.2 Å². The van der Waals surface area contributed by atoms with Crippen molar-refractivity contribution in [2.45, 2.75) is 93.1 Å². The minimum Gasteiger partial charge on any atom is -0.346 e. The predicted molar refractivity (Wildman–Crippen MR) is 231 cm³/mol. The highest BCUT2D eigenvalue weighted by atomic mass is 127. The molecular formula is C41H34ClF9IN7O5S2. The van der Waals surface area contributed by atoms with E-state index in [-0.39, 0.29) is 54.0 Å². The number of pyridine rings is 1. The smallest absolute Gasteiger partial charge is 0.346 e. The molecule has 0 aliphatic heterocycles. The number of hydrogen-bond acceptors (Lipinski definition) is 8. The van der Waals surface area contributed by atoms with Crippen molar-refractivity contribution in [1.82, 2.24) is 29.9 Å². The molecule has 3 aromatic heterocycles. The number of sulfonamides is 1. The van der Waals surface area contributed by atoms with Crippen LogP contribution >= 0.6 is 34.2 Å². The number of fused-ring (bicyclic) bond motifs is 4. The Balaban J connectivity index is 1.35. The van der Waals surface area contributed by atoms with Crippen molar-refractivity contribution in [1.29, 1.82) is 0 Å². The average Bonchev–Trinajstić information content (AvgIpc) is 4.10. The van der Waals surface area contributed by atoms with Crippen LogP contribution in [0.3, 0.4) is 0 Å². The van der Waals surface area contributed by atoms with Crippen LogP contribution in [0.4, 0.5) is 45.3 Å². The molecule has 66 heavy (non-hydrogen) atoms. The van der Waals surface area contributed by atoms with Crippen LogP contribution in [0, 0.1) is 33.0 Å². The van der Waals surface area contributed by atoms with Crippen LogP contribution in [0.25, 0.3) is 22.0 Å². The van der Waals surface area contributed by atoms with Gasteiger partial charge in [0.1, 0.15) is 46.6 Å². The number of carbonyl (C=O) groups is 1. The molecule has 1 amide bonds. The number of hydrogen-bond donors (Lipinski definition) is 2. The molecule has 0 saturated heterocycles. The van der Waals surface area contributed by atoms with Crippen LogP contribution in [-0.4, -0.2) is 69.7 Å². The lowest BCUT2D eigenvalue weighted by Crippen LogP contribution is -2.35. The number of nitrogens with one attached hydrogen (secondary N) is 2. The lowest BCUT2D eigenvalue weighted by molar-refractivity contribution is -0.141. The van der Waals surface area contributed by atoms with Gasteiger partial charge in [-0.2, -0.15) is 32.1 Å². The number of nitrogens with zero attached hydrogens (tertiary/aromatic N) is 5. The standard InChI is InChI=1S/C41H34ClF9IN7O5S2/c1-39(2,66(63,64)21-4-5-21)9-8-28-27(52)15-23(22-6-7-26(42)32-35(22)59(17-40(47,48)49)56-38(32)57-65(3,61)62)33(54-28)29(12-18-10-19(43)13-20(44)11-18)53-30(60)16-58-36-31(34(55-58)37(45)46)24-14-25(24)41(36,50)51/h6-7,10-11,13,15,21,24-25,29,37H,4-5,12,14,16-17H2,1-3H3,(H,53,60)(H,56,57)/t24-,25+,29-/m0/s1. The van der Waals surface area contributed by atoms with E-state index >= 15 is 8.78 Å². The molecule has 2 saturated carbocycles. The molecule has 2 fully saturated rings. The molecule has 12 nitrogen and oxygen atoms in total. The molecular weight excluding hydrogens is 1070 g/mol. The minimum atomic E-state index is -4.96. The molecule has 2 N–H and O–H groups in total. The third-order valence-electron chi connectivity index (χ3n) is 11.4. The molecule has 352 valence electrons. The summed E-state index contributed by atoms with van der Waals surface area (Å²) >= 11 is 8.30. The molecule has 3 atom stereocenters. The van der Waals surface area contributed by atoms with E-state index in [1.54, 1.807) is 22.6 Å². The Morgan fingerprint density at radius 2 is 1.67 bits per heavy atom. The summed E-state index contributed by atoms with van der Waals surface area (Å²) in [4.78, 5) is 18.8. The molecule has 8 rings (SSSR count). The summed E-state index contributed by atoms with van der Waals surface area (Å²) in [6, 6.07) is 4.51. The van der Waals surface area contributed by atoms with Crippen molar-refractivity contribution < 1.29 is 61.1 Å². The first-order valence-electron chi connectivity index (χ1n) is 19.8. The second-order valence-electron chi connectivity index (χ2n) is 16.8. The van der Waals surface area contributed by atoms with Gasteiger partial charge in [0.15, 0.2) is 15.7 Å². The lowest BCUT2D eigenvalue weighted by atomic mass is 9.93. The van der Waals surface area contributed by atoms with Gasteiger partial charge < -0.3 is 5.32 Å². The summed E-state index contributed by atoms with van der Waals surface area (Å²) in [6.45, 7) is -0.115. The van der Waals surface area contributed by atoms with Crippen LogP contribution in [0.1, 0.15) is 85.4 Å². The van der Waals surface area contributed by atoms with Gasteiger partial charge in [0.25, 0.3) is 12.3 Å². The van der Waals surface area contributed by atoms with E-state index < -0.39 is 126 Å². The van der Waals surface area contributed by atoms with Crippen LogP contribution < -0.4 is 10.0 Å². The highest BCUT2D eigenvalue weighted by Crippen LogP contribution is 2.68. The number of anilines is 1. The largest absolute Gasteiger partial charge is 0.408 e. The van der Waals surface area contributed by atoms with Crippen LogP contribution in [0.2, 0.25) is 5.02 Å². The second kappa shape index (κ2) is 16.6. The fraction of sp³-hybridized carbons (Fsp3) is 0.415. The third-order valence-corrected chi connectivity index (χ3v) is 16.0. The van der Waals surface area contributed by atoms with Gasteiger partial charge in [-0.15, -0.1) is 0 Å². The van der Waals surface area contributed by atoms with Crippen molar-refractivity contribution in [2.75, 3.05) is 11.0 Å². The number of halogens is 11. The Hall–Kier alpha value is -4.61. The number of aromatic nitrogens is 5. The van der Waals surface area contributed by atoms with E-state index in [0.29, 0.717) is 28.3 Å². The van der Waals surface area contributed by atoms with Crippen molar-refractivity contribution in [3.8, 4) is 23.0 Å². The third kappa shape index (κ3) is 9.20. The molecule has 2 aromatic carbocycles. The van der Waals surface area contributed by atoms with Crippen molar-refractivity contribution in [3.05, 3.63) is 90.5 Å². The maximum atomic E-state index is 15.5. The number of carbonyl (C=O) groups excluding carboxylic acids is 1. The van der Waals surface area contributed by atoms with E-state index in [2.05, 4.69) is 32.1 Å². The van der Waals surface area contributed by atoms with Gasteiger partial charge in [0, 0.05) is 32.2 Å². The minimum absolute atomic E-state index is 0.0638. The van der Waals surface area contributed by atoms with E-state index in [1.165, 1.54) is 32.0 Å². The van der Waals surface area contributed by atoms with Gasteiger partial charge in [0.2, 0.25) is 15.9 Å². The Morgan fingerprint density at radius 3 is 2.27 bits per heavy atom. The molecule has 0 unspecified atom stereocenters. The predicted octanol–water partition coefficient (Wildman–Crippen LogP) is 8.72. The first kappa shape index (κ1) is 47.9. The molecule has 5 aromatic rings. The first-order chi connectivity index (χ1) is 30.6. The number of amides is 1. The zero-order valence-corrected chi connectivity index (χ0v) is 38.9. The quantitative estimate of drug-likeness (QED) is 0.0674. The van der Waals surface area contributed by atoms with Crippen molar-refractivity contribution in [2.24, 2.45) is 5.92 Å². The fourth-order valence-electron chi connectivity index (χ4n) is 8.31. The first-order valence-corrected chi connectivity index (χ1v) is 24.7. The van der Waals surface area contributed by atoms with Gasteiger partial charge >= 0.3 is 6.18 Å². The fourth-order valence-corrected chi connectivity index (χ4v) is 11.4. The SMILES string of the molecule is CC(C)(C#Cc1nc([C@H](Cc2cc(F)cc(F)c2)NC(=O)Cn2nc(C(F)F)c3c2C(F)(F)[C@@H]2C[C@H]32)c(-c2ccc(Cl)c3c(NS(C)(=O)=O)nn(CC(F)(F)F)c23)cc1I)S(=O)(=O)C1CC1. The van der Waals surface area contributed by atoms with E-state index in [1.807, 2.05) is 0 Å². The second-order valence-corrected chi connectivity index (χ2v) is 22.9. The summed E-state index contributed by atoms with van der Waals surface area (Å²) < 4.78 is 185. The molecule has 0 radical (unpaired) electrons. The molecule has 3 aliphatic carbocycles. The summed E-state index contributed by atoms with van der Waals surface area (Å²) in [5.41, 5.74) is -3.42. The lowest BCUT2D eigenvalue weighted by Gasteiger charge is -2.24. The molecule has 0 spiro atoms. The van der Waals surface area contributed by atoms with Crippen molar-refractivity contribution in [3.63, 3.8) is 0 Å². The van der Waals surface area contributed by atoms with Crippen LogP contribution in [-0.2, 0) is 50.1 Å². The highest BCUT2D eigenvalue weighted by Gasteiger charge is 2.67. The van der Waals surface area contributed by atoms with Gasteiger partial charge in [-0.05, 0) is 104 Å². The summed E-state index contributed by atoms with van der Waals surface area (Å²) in [5.74, 6) is -4.19. The van der Waals surface area contributed by atoms with Crippen LogP contribution in [0.15, 0.2) is 36.4 Å². The Bertz CT molecular complexity index is 3130. The zero-order valence-electron chi connectivity index (χ0n) is 34.3. The Labute approximate surface area is 389 Å². The Morgan fingerprint density at radius 1 is 1.00 bits per heavy atom. The molecule has 25 heteroatoms. The average molecular weight is 1100 g/mol. The maximum absolute atomic E-state index is 15.5.